The molecule has 0 bridgehead atoms. The second-order valence-corrected chi connectivity index (χ2v) is 14.0. The van der Waals surface area contributed by atoms with E-state index < -0.39 is 0 Å². The molecule has 0 saturated carbocycles. The Bertz CT molecular complexity index is 2160. The minimum atomic E-state index is -0.218. The molecule has 1 N–H and O–H groups in total. The molecular weight excluding hydrogens is 679 g/mol. The van der Waals surface area contributed by atoms with Crippen LogP contribution in [0.15, 0.2) is 115 Å². The van der Waals surface area contributed by atoms with E-state index >= 15 is 0 Å². The summed E-state index contributed by atoms with van der Waals surface area (Å²) in [5.41, 5.74) is 7.50. The molecule has 0 spiro atoms. The average molecular weight is 722 g/mol. The number of nitrogens with one attached hydrogen (secondary N) is 1. The van der Waals surface area contributed by atoms with E-state index in [0.29, 0.717) is 49.4 Å². The molecule has 10 nitrogen and oxygen atoms in total. The number of amides is 3. The maximum Gasteiger partial charge on any atom is 0.258 e. The first-order chi connectivity index (χ1) is 26.4. The van der Waals surface area contributed by atoms with Crippen molar-refractivity contribution in [2.75, 3.05) is 67.7 Å². The van der Waals surface area contributed by atoms with Gasteiger partial charge in [0.2, 0.25) is 12.7 Å². The predicted octanol–water partition coefficient (Wildman–Crippen LogP) is 6.84. The SMILES string of the molecule is Cc1ccc(-c2ccccc2C(=O)Nc2ccc(C(=O)N3CCCN(CC(=O)N4CCN(Cc5ccc6c(c5)OCO6)CC4)c4ccccc43)cc2)cc1. The van der Waals surface area contributed by atoms with Gasteiger partial charge in [0.1, 0.15) is 0 Å². The zero-order valence-electron chi connectivity index (χ0n) is 30.4. The van der Waals surface area contributed by atoms with E-state index in [0.717, 1.165) is 64.8 Å². The molecule has 0 unspecified atom stereocenters. The van der Waals surface area contributed by atoms with E-state index in [9.17, 15) is 14.4 Å². The van der Waals surface area contributed by atoms with Gasteiger partial charge in [-0.3, -0.25) is 19.3 Å². The summed E-state index contributed by atoms with van der Waals surface area (Å²) in [5, 5.41) is 3.01. The first-order valence-corrected chi connectivity index (χ1v) is 18.5. The maximum absolute atomic E-state index is 14.0. The highest BCUT2D eigenvalue weighted by molar-refractivity contribution is 6.10. The van der Waals surface area contributed by atoms with Crippen LogP contribution in [0.5, 0.6) is 11.5 Å². The van der Waals surface area contributed by atoms with Gasteiger partial charge < -0.3 is 29.5 Å². The monoisotopic (exact) mass is 721 g/mol. The summed E-state index contributed by atoms with van der Waals surface area (Å²) in [6, 6.07) is 36.6. The van der Waals surface area contributed by atoms with Gasteiger partial charge in [0.05, 0.1) is 17.9 Å². The van der Waals surface area contributed by atoms with Crippen LogP contribution in [0.3, 0.4) is 0 Å². The first-order valence-electron chi connectivity index (χ1n) is 18.5. The number of carbonyl (C=O) groups excluding carboxylic acids is 3. The summed E-state index contributed by atoms with van der Waals surface area (Å²) < 4.78 is 11.0. The molecule has 0 radical (unpaired) electrons. The Kier molecular flexibility index (Phi) is 10.00. The summed E-state index contributed by atoms with van der Waals surface area (Å²) in [7, 11) is 0. The quantitative estimate of drug-likeness (QED) is 0.188. The number of ether oxygens (including phenoxy) is 2. The number of para-hydroxylation sites is 2. The molecule has 3 heterocycles. The number of anilines is 3. The normalized spacial score (nSPS) is 15.4. The summed E-state index contributed by atoms with van der Waals surface area (Å²) in [6.07, 6.45) is 0.714. The number of benzene rings is 5. The van der Waals surface area contributed by atoms with Crippen molar-refractivity contribution in [1.29, 1.82) is 0 Å². The number of aryl methyl sites for hydroxylation is 1. The molecule has 274 valence electrons. The van der Waals surface area contributed by atoms with Gasteiger partial charge in [-0.1, -0.05) is 66.2 Å². The molecule has 3 aliphatic heterocycles. The minimum absolute atomic E-state index is 0.0893. The largest absolute Gasteiger partial charge is 0.454 e. The van der Waals surface area contributed by atoms with Crippen molar-refractivity contribution in [3.8, 4) is 22.6 Å². The summed E-state index contributed by atoms with van der Waals surface area (Å²) in [4.78, 5) is 49.3. The van der Waals surface area contributed by atoms with Crippen LogP contribution in [0.4, 0.5) is 17.1 Å². The zero-order valence-corrected chi connectivity index (χ0v) is 30.4. The molecule has 5 aromatic carbocycles. The fourth-order valence-electron chi connectivity index (χ4n) is 7.43. The highest BCUT2D eigenvalue weighted by atomic mass is 16.7. The summed E-state index contributed by atoms with van der Waals surface area (Å²) >= 11 is 0. The van der Waals surface area contributed by atoms with Gasteiger partial charge in [-0.25, -0.2) is 0 Å². The Hall–Kier alpha value is -6.13. The van der Waals surface area contributed by atoms with Crippen LogP contribution in [0.1, 0.15) is 38.3 Å². The summed E-state index contributed by atoms with van der Waals surface area (Å²) in [5.74, 6) is 1.31. The molecule has 54 heavy (non-hydrogen) atoms. The van der Waals surface area contributed by atoms with E-state index in [1.165, 1.54) is 0 Å². The van der Waals surface area contributed by atoms with Crippen molar-refractivity contribution < 1.29 is 23.9 Å². The van der Waals surface area contributed by atoms with E-state index in [1.807, 2.05) is 96.8 Å². The van der Waals surface area contributed by atoms with Crippen molar-refractivity contribution in [2.45, 2.75) is 19.9 Å². The third-order valence-corrected chi connectivity index (χ3v) is 10.4. The van der Waals surface area contributed by atoms with Crippen LogP contribution in [0.2, 0.25) is 0 Å². The standard InChI is InChI=1S/C44H43N5O5/c1-31-11-14-33(15-12-31)36-7-2-3-8-37(36)43(51)45-35-18-16-34(17-19-35)44(52)49-22-6-21-48(38-9-4-5-10-39(38)49)29-42(50)47-25-23-46(24-26-47)28-32-13-20-40-41(27-32)54-30-53-40/h2-5,7-20,27H,6,21-26,28-30H2,1H3,(H,45,51). The van der Waals surface area contributed by atoms with Gasteiger partial charge in [-0.05, 0) is 84.6 Å². The number of fused-ring (bicyclic) bond motifs is 2. The zero-order chi connectivity index (χ0) is 37.0. The van der Waals surface area contributed by atoms with Crippen molar-refractivity contribution in [2.24, 2.45) is 0 Å². The van der Waals surface area contributed by atoms with Gasteiger partial charge in [-0.2, -0.15) is 0 Å². The lowest BCUT2D eigenvalue weighted by atomic mass is 9.98. The molecule has 1 fully saturated rings. The second-order valence-electron chi connectivity index (χ2n) is 14.0. The summed E-state index contributed by atoms with van der Waals surface area (Å²) in [6.45, 7) is 7.44. The second kappa shape index (κ2) is 15.5. The van der Waals surface area contributed by atoms with Gasteiger partial charge >= 0.3 is 0 Å². The van der Waals surface area contributed by atoms with Crippen LogP contribution < -0.4 is 24.6 Å². The predicted molar refractivity (Wildman–Crippen MR) is 210 cm³/mol. The smallest absolute Gasteiger partial charge is 0.258 e. The molecule has 5 aromatic rings. The van der Waals surface area contributed by atoms with E-state index in [1.54, 1.807) is 29.2 Å². The topological polar surface area (TPSA) is 94.7 Å². The van der Waals surface area contributed by atoms with Crippen molar-refractivity contribution in [3.05, 3.63) is 138 Å². The molecule has 0 aliphatic carbocycles. The third kappa shape index (κ3) is 7.51. The molecule has 3 amide bonds. The Morgan fingerprint density at radius 2 is 1.43 bits per heavy atom. The molecule has 10 heteroatoms. The first kappa shape index (κ1) is 34.9. The fraction of sp³-hybridized carbons (Fsp3) is 0.250. The van der Waals surface area contributed by atoms with E-state index in [2.05, 4.69) is 21.2 Å². The lowest BCUT2D eigenvalue weighted by Crippen LogP contribution is -2.51. The number of hydrogen-bond acceptors (Lipinski definition) is 7. The van der Waals surface area contributed by atoms with Crippen LogP contribution in [-0.2, 0) is 11.3 Å². The number of hydrogen-bond donors (Lipinski definition) is 1. The van der Waals surface area contributed by atoms with Crippen molar-refractivity contribution >= 4 is 34.8 Å². The van der Waals surface area contributed by atoms with Gasteiger partial charge in [0.25, 0.3) is 11.8 Å². The van der Waals surface area contributed by atoms with Crippen molar-refractivity contribution in [1.82, 2.24) is 9.80 Å². The molecule has 8 rings (SSSR count). The average Bonchev–Trinajstić information content (AvgIpc) is 3.60. The van der Waals surface area contributed by atoms with E-state index in [-0.39, 0.29) is 31.1 Å². The van der Waals surface area contributed by atoms with Crippen LogP contribution in [-0.4, -0.2) is 80.1 Å². The third-order valence-electron chi connectivity index (χ3n) is 10.4. The van der Waals surface area contributed by atoms with Gasteiger partial charge in [0, 0.05) is 62.6 Å². The fourth-order valence-corrected chi connectivity index (χ4v) is 7.43. The van der Waals surface area contributed by atoms with Crippen LogP contribution >= 0.6 is 0 Å². The van der Waals surface area contributed by atoms with E-state index in [4.69, 9.17) is 9.47 Å². The molecule has 0 atom stereocenters. The molecule has 1 saturated heterocycles. The molecule has 3 aliphatic rings. The number of piperazine rings is 1. The molecule has 0 aromatic heterocycles. The number of nitrogens with zero attached hydrogens (tertiary/aromatic N) is 4. The Morgan fingerprint density at radius 1 is 0.704 bits per heavy atom. The van der Waals surface area contributed by atoms with Crippen LogP contribution in [0.25, 0.3) is 11.1 Å². The van der Waals surface area contributed by atoms with Gasteiger partial charge in [0.15, 0.2) is 11.5 Å². The van der Waals surface area contributed by atoms with Crippen LogP contribution in [0, 0.1) is 6.92 Å². The lowest BCUT2D eigenvalue weighted by Gasteiger charge is -2.36. The Morgan fingerprint density at radius 3 is 2.22 bits per heavy atom. The highest BCUT2D eigenvalue weighted by Crippen LogP contribution is 2.35. The molecular formula is C44H43N5O5. The Balaban J connectivity index is 0.895. The highest BCUT2D eigenvalue weighted by Gasteiger charge is 2.29. The minimum Gasteiger partial charge on any atom is -0.454 e. The Labute approximate surface area is 315 Å². The number of rotatable bonds is 8. The van der Waals surface area contributed by atoms with Crippen molar-refractivity contribution in [3.63, 3.8) is 0 Å². The maximum atomic E-state index is 14.0. The van der Waals surface area contributed by atoms with Gasteiger partial charge in [-0.15, -0.1) is 0 Å². The number of carbonyl (C=O) groups is 3. The lowest BCUT2D eigenvalue weighted by molar-refractivity contribution is -0.131.